The highest BCUT2D eigenvalue weighted by atomic mass is 15.2. The number of hydrogen-bond acceptors (Lipinski definition) is 4. The molecular formula is C10H16N4. The maximum Gasteiger partial charge on any atom is 0.171 e. The number of rotatable bonds is 1. The molecule has 0 unspecified atom stereocenters. The second kappa shape index (κ2) is 3.82. The topological polar surface area (TPSA) is 55.0 Å². The number of nitrogens with two attached hydrogens (primary N) is 1. The Hall–Kier alpha value is -1.32. The quantitative estimate of drug-likeness (QED) is 0.728. The van der Waals surface area contributed by atoms with Gasteiger partial charge in [0.25, 0.3) is 0 Å². The Bertz CT molecular complexity index is 313. The summed E-state index contributed by atoms with van der Waals surface area (Å²) in [4.78, 5) is 10.6. The van der Waals surface area contributed by atoms with Crippen LogP contribution in [0.4, 0.5) is 11.6 Å². The monoisotopic (exact) mass is 192 g/mol. The van der Waals surface area contributed by atoms with Crippen molar-refractivity contribution in [3.05, 3.63) is 12.4 Å². The number of nitrogens with zero attached hydrogens (tertiary/aromatic N) is 3. The lowest BCUT2D eigenvalue weighted by Crippen LogP contribution is -2.35. The summed E-state index contributed by atoms with van der Waals surface area (Å²) in [6, 6.07) is 0. The number of anilines is 2. The van der Waals surface area contributed by atoms with E-state index in [0.29, 0.717) is 5.82 Å². The molecule has 2 heterocycles. The first-order valence-electron chi connectivity index (χ1n) is 5.09. The van der Waals surface area contributed by atoms with Gasteiger partial charge in [-0.05, 0) is 18.8 Å². The van der Waals surface area contributed by atoms with Gasteiger partial charge in [0, 0.05) is 25.5 Å². The van der Waals surface area contributed by atoms with Crippen LogP contribution in [0.2, 0.25) is 0 Å². The molecule has 0 bridgehead atoms. The third-order valence-corrected chi connectivity index (χ3v) is 2.66. The van der Waals surface area contributed by atoms with Gasteiger partial charge in [-0.25, -0.2) is 9.97 Å². The van der Waals surface area contributed by atoms with Gasteiger partial charge in [0.05, 0.1) is 0 Å². The van der Waals surface area contributed by atoms with Crippen molar-refractivity contribution < 1.29 is 0 Å². The van der Waals surface area contributed by atoms with Crippen LogP contribution in [0, 0.1) is 5.92 Å². The van der Waals surface area contributed by atoms with Gasteiger partial charge >= 0.3 is 0 Å². The average molecular weight is 192 g/mol. The van der Waals surface area contributed by atoms with Crippen molar-refractivity contribution in [3.63, 3.8) is 0 Å². The van der Waals surface area contributed by atoms with Crippen LogP contribution in [0.25, 0.3) is 0 Å². The highest BCUT2D eigenvalue weighted by Gasteiger charge is 2.19. The summed E-state index contributed by atoms with van der Waals surface area (Å²) < 4.78 is 0. The lowest BCUT2D eigenvalue weighted by atomic mass is 10.0. The SMILES string of the molecule is C[C@H]1CCCN(c2nccnc2N)C1. The van der Waals surface area contributed by atoms with E-state index in [1.165, 1.54) is 12.8 Å². The molecule has 76 valence electrons. The largest absolute Gasteiger partial charge is 0.381 e. The summed E-state index contributed by atoms with van der Waals surface area (Å²) in [5.41, 5.74) is 5.78. The predicted octanol–water partition coefficient (Wildman–Crippen LogP) is 1.30. The van der Waals surface area contributed by atoms with Crippen molar-refractivity contribution in [2.24, 2.45) is 5.92 Å². The van der Waals surface area contributed by atoms with Crippen molar-refractivity contribution in [2.75, 3.05) is 23.7 Å². The summed E-state index contributed by atoms with van der Waals surface area (Å²) in [5.74, 6) is 2.12. The second-order valence-electron chi connectivity index (χ2n) is 3.96. The zero-order chi connectivity index (χ0) is 9.97. The summed E-state index contributed by atoms with van der Waals surface area (Å²) >= 11 is 0. The van der Waals surface area contributed by atoms with Crippen molar-refractivity contribution in [1.82, 2.24) is 9.97 Å². The Labute approximate surface area is 84.2 Å². The van der Waals surface area contributed by atoms with E-state index in [4.69, 9.17) is 5.73 Å². The van der Waals surface area contributed by atoms with Crippen LogP contribution in [0.3, 0.4) is 0 Å². The van der Waals surface area contributed by atoms with E-state index in [-0.39, 0.29) is 0 Å². The minimum absolute atomic E-state index is 0.543. The van der Waals surface area contributed by atoms with E-state index in [1.54, 1.807) is 12.4 Å². The van der Waals surface area contributed by atoms with E-state index in [1.807, 2.05) is 0 Å². The fourth-order valence-electron chi connectivity index (χ4n) is 1.97. The smallest absolute Gasteiger partial charge is 0.171 e. The van der Waals surface area contributed by atoms with Crippen LogP contribution in [0.5, 0.6) is 0 Å². The van der Waals surface area contributed by atoms with E-state index in [0.717, 1.165) is 24.8 Å². The van der Waals surface area contributed by atoms with Crippen molar-refractivity contribution in [3.8, 4) is 0 Å². The molecule has 0 spiro atoms. The van der Waals surface area contributed by atoms with Crippen molar-refractivity contribution >= 4 is 11.6 Å². The maximum atomic E-state index is 5.78. The molecule has 1 aromatic rings. The van der Waals surface area contributed by atoms with Crippen LogP contribution >= 0.6 is 0 Å². The van der Waals surface area contributed by atoms with Gasteiger partial charge in [0.15, 0.2) is 11.6 Å². The van der Waals surface area contributed by atoms with Crippen molar-refractivity contribution in [2.45, 2.75) is 19.8 Å². The minimum Gasteiger partial charge on any atom is -0.381 e. The molecule has 1 fully saturated rings. The third-order valence-electron chi connectivity index (χ3n) is 2.66. The zero-order valence-electron chi connectivity index (χ0n) is 8.48. The van der Waals surface area contributed by atoms with E-state index < -0.39 is 0 Å². The van der Waals surface area contributed by atoms with Crippen LogP contribution in [0.15, 0.2) is 12.4 Å². The summed E-state index contributed by atoms with van der Waals surface area (Å²) in [5, 5.41) is 0. The molecule has 1 aromatic heterocycles. The lowest BCUT2D eigenvalue weighted by Gasteiger charge is -2.31. The molecule has 4 heteroatoms. The van der Waals surface area contributed by atoms with Crippen LogP contribution in [-0.4, -0.2) is 23.1 Å². The third kappa shape index (κ3) is 1.78. The summed E-state index contributed by atoms with van der Waals surface area (Å²) in [7, 11) is 0. The molecule has 2 N–H and O–H groups in total. The normalized spacial score (nSPS) is 22.4. The van der Waals surface area contributed by atoms with E-state index in [9.17, 15) is 0 Å². The van der Waals surface area contributed by atoms with Gasteiger partial charge in [-0.1, -0.05) is 6.92 Å². The molecule has 0 radical (unpaired) electrons. The predicted molar refractivity (Wildman–Crippen MR) is 57.1 cm³/mol. The fraction of sp³-hybridized carbons (Fsp3) is 0.600. The molecule has 1 saturated heterocycles. The highest BCUT2D eigenvalue weighted by molar-refractivity contribution is 5.57. The first-order chi connectivity index (χ1) is 6.77. The fourth-order valence-corrected chi connectivity index (χ4v) is 1.97. The summed E-state index contributed by atoms with van der Waals surface area (Å²) in [6.45, 7) is 4.36. The number of aromatic nitrogens is 2. The molecule has 1 aliphatic rings. The number of nitrogen functional groups attached to an aromatic ring is 1. The standard InChI is InChI=1S/C10H16N4/c1-8-3-2-6-14(7-8)10-9(11)12-4-5-13-10/h4-5,8H,2-3,6-7H2,1H3,(H2,11,12)/t8-/m0/s1. The summed E-state index contributed by atoms with van der Waals surface area (Å²) in [6.07, 6.45) is 5.85. The zero-order valence-corrected chi connectivity index (χ0v) is 8.48. The molecule has 2 rings (SSSR count). The molecule has 0 amide bonds. The second-order valence-corrected chi connectivity index (χ2v) is 3.96. The first kappa shape index (κ1) is 9.24. The van der Waals surface area contributed by atoms with Crippen LogP contribution in [0.1, 0.15) is 19.8 Å². The average Bonchev–Trinajstić information content (AvgIpc) is 2.18. The van der Waals surface area contributed by atoms with Gasteiger partial charge in [-0.3, -0.25) is 0 Å². The Morgan fingerprint density at radius 2 is 2.21 bits per heavy atom. The van der Waals surface area contributed by atoms with Crippen LogP contribution in [-0.2, 0) is 0 Å². The van der Waals surface area contributed by atoms with Crippen molar-refractivity contribution in [1.29, 1.82) is 0 Å². The first-order valence-corrected chi connectivity index (χ1v) is 5.09. The molecule has 4 nitrogen and oxygen atoms in total. The molecule has 0 aliphatic carbocycles. The van der Waals surface area contributed by atoms with Gasteiger partial charge in [-0.15, -0.1) is 0 Å². The van der Waals surface area contributed by atoms with E-state index >= 15 is 0 Å². The Balaban J connectivity index is 2.18. The van der Waals surface area contributed by atoms with E-state index in [2.05, 4.69) is 21.8 Å². The van der Waals surface area contributed by atoms with Crippen LogP contribution < -0.4 is 10.6 Å². The molecule has 0 saturated carbocycles. The molecule has 0 aromatic carbocycles. The Morgan fingerprint density at radius 1 is 1.43 bits per heavy atom. The highest BCUT2D eigenvalue weighted by Crippen LogP contribution is 2.23. The number of hydrogen-bond donors (Lipinski definition) is 1. The molecule has 1 atom stereocenters. The Morgan fingerprint density at radius 3 is 2.93 bits per heavy atom. The molecule has 1 aliphatic heterocycles. The number of piperidine rings is 1. The molecule has 14 heavy (non-hydrogen) atoms. The van der Waals surface area contributed by atoms with Gasteiger partial charge in [-0.2, -0.15) is 0 Å². The minimum atomic E-state index is 0.543. The lowest BCUT2D eigenvalue weighted by molar-refractivity contribution is 0.444. The molecular weight excluding hydrogens is 176 g/mol. The van der Waals surface area contributed by atoms with Gasteiger partial charge in [0.1, 0.15) is 0 Å². The maximum absolute atomic E-state index is 5.78. The Kier molecular flexibility index (Phi) is 2.52. The van der Waals surface area contributed by atoms with Gasteiger partial charge in [0.2, 0.25) is 0 Å². The van der Waals surface area contributed by atoms with Gasteiger partial charge < -0.3 is 10.6 Å².